The first-order valence-electron chi connectivity index (χ1n) is 6.04. The van der Waals surface area contributed by atoms with Gasteiger partial charge in [-0.3, -0.25) is 4.99 Å². The number of guanidine groups is 1. The molecule has 0 spiro atoms. The van der Waals surface area contributed by atoms with Crippen LogP contribution in [0.15, 0.2) is 35.3 Å². The molecule has 1 unspecified atom stereocenters. The van der Waals surface area contributed by atoms with Crippen molar-refractivity contribution in [3.63, 3.8) is 0 Å². The Morgan fingerprint density at radius 3 is 2.83 bits per heavy atom. The second-order valence-electron chi connectivity index (χ2n) is 4.30. The Morgan fingerprint density at radius 1 is 1.39 bits per heavy atom. The van der Waals surface area contributed by atoms with Crippen molar-refractivity contribution in [1.82, 2.24) is 0 Å². The van der Waals surface area contributed by atoms with Gasteiger partial charge in [-0.25, -0.2) is 0 Å². The topological polar surface area (TPSA) is 50.4 Å². The van der Waals surface area contributed by atoms with E-state index in [-0.39, 0.29) is 24.0 Å². The normalized spacial score (nSPS) is 20.0. The lowest BCUT2D eigenvalue weighted by Gasteiger charge is -2.19. The number of halogens is 1. The van der Waals surface area contributed by atoms with E-state index in [2.05, 4.69) is 10.3 Å². The van der Waals surface area contributed by atoms with Gasteiger partial charge in [0.1, 0.15) is 0 Å². The maximum absolute atomic E-state index is 5.85. The number of nitrogens with zero attached hydrogens (tertiary/aromatic N) is 1. The fourth-order valence-corrected chi connectivity index (χ4v) is 3.03. The summed E-state index contributed by atoms with van der Waals surface area (Å²) in [7, 11) is 0. The van der Waals surface area contributed by atoms with Gasteiger partial charge in [-0.05, 0) is 42.4 Å². The summed E-state index contributed by atoms with van der Waals surface area (Å²) in [6.45, 7) is 0.846. The van der Waals surface area contributed by atoms with Gasteiger partial charge in [0.05, 0.1) is 0 Å². The molecule has 100 valence electrons. The Kier molecular flexibility index (Phi) is 7.50. The lowest BCUT2D eigenvalue weighted by molar-refractivity contribution is 0.535. The average Bonchev–Trinajstić information content (AvgIpc) is 2.39. The van der Waals surface area contributed by atoms with Gasteiger partial charge in [0.15, 0.2) is 5.96 Å². The Hall–Kier alpha value is -0.430. The highest BCUT2D eigenvalue weighted by molar-refractivity contribution is 14.0. The fourth-order valence-electron chi connectivity index (χ4n) is 1.89. The monoisotopic (exact) mass is 377 g/mol. The number of aliphatic imine (C=N–C) groups is 1. The molecular weight excluding hydrogens is 357 g/mol. The molecule has 1 heterocycles. The number of nitrogens with one attached hydrogen (secondary N) is 1. The molecule has 0 aliphatic carbocycles. The van der Waals surface area contributed by atoms with E-state index in [0.717, 1.165) is 12.2 Å². The number of rotatable bonds is 3. The zero-order valence-corrected chi connectivity index (χ0v) is 13.5. The van der Waals surface area contributed by atoms with E-state index in [1.807, 2.05) is 42.1 Å². The highest BCUT2D eigenvalue weighted by atomic mass is 127. The van der Waals surface area contributed by atoms with Crippen molar-refractivity contribution in [3.8, 4) is 0 Å². The Bertz CT molecular complexity index is 364. The maximum Gasteiger partial charge on any atom is 0.193 e. The van der Waals surface area contributed by atoms with Crippen molar-refractivity contribution in [2.75, 3.05) is 23.4 Å². The number of thioether (sulfide) groups is 1. The number of hydrogen-bond donors (Lipinski definition) is 2. The SMILES string of the molecule is I.NC(=NCC1CCCSC1)Nc1ccccc1. The number of hydrogen-bond acceptors (Lipinski definition) is 2. The molecule has 3 nitrogen and oxygen atoms in total. The largest absolute Gasteiger partial charge is 0.370 e. The number of benzene rings is 1. The summed E-state index contributed by atoms with van der Waals surface area (Å²) in [5, 5.41) is 3.10. The van der Waals surface area contributed by atoms with Gasteiger partial charge in [-0.1, -0.05) is 18.2 Å². The second kappa shape index (κ2) is 8.63. The zero-order chi connectivity index (χ0) is 11.9. The van der Waals surface area contributed by atoms with E-state index in [0.29, 0.717) is 11.9 Å². The molecule has 0 saturated carbocycles. The first-order chi connectivity index (χ1) is 8.34. The number of anilines is 1. The molecule has 0 bridgehead atoms. The highest BCUT2D eigenvalue weighted by Gasteiger charge is 2.12. The van der Waals surface area contributed by atoms with Crippen LogP contribution in [0.3, 0.4) is 0 Å². The Labute approximate surface area is 130 Å². The molecule has 1 aliphatic heterocycles. The zero-order valence-electron chi connectivity index (χ0n) is 10.3. The van der Waals surface area contributed by atoms with Crippen LogP contribution in [0.2, 0.25) is 0 Å². The Morgan fingerprint density at radius 2 is 2.17 bits per heavy atom. The van der Waals surface area contributed by atoms with E-state index >= 15 is 0 Å². The van der Waals surface area contributed by atoms with Crippen LogP contribution in [0.1, 0.15) is 12.8 Å². The molecule has 3 N–H and O–H groups in total. The summed E-state index contributed by atoms with van der Waals surface area (Å²) in [5.41, 5.74) is 6.85. The third-order valence-corrected chi connectivity index (χ3v) is 4.11. The first-order valence-corrected chi connectivity index (χ1v) is 7.20. The van der Waals surface area contributed by atoms with Crippen LogP contribution in [-0.4, -0.2) is 24.0 Å². The maximum atomic E-state index is 5.85. The summed E-state index contributed by atoms with van der Waals surface area (Å²) in [5.74, 6) is 3.75. The molecule has 1 atom stereocenters. The van der Waals surface area contributed by atoms with Crippen LogP contribution in [-0.2, 0) is 0 Å². The molecule has 0 amide bonds. The smallest absolute Gasteiger partial charge is 0.193 e. The van der Waals surface area contributed by atoms with Crippen molar-refractivity contribution in [3.05, 3.63) is 30.3 Å². The van der Waals surface area contributed by atoms with Crippen LogP contribution in [0.25, 0.3) is 0 Å². The summed E-state index contributed by atoms with van der Waals surface area (Å²) < 4.78 is 0. The van der Waals surface area contributed by atoms with Crippen molar-refractivity contribution in [1.29, 1.82) is 0 Å². The van der Waals surface area contributed by atoms with Crippen molar-refractivity contribution < 1.29 is 0 Å². The van der Waals surface area contributed by atoms with E-state index in [4.69, 9.17) is 5.73 Å². The predicted molar refractivity (Wildman–Crippen MR) is 92.0 cm³/mol. The summed E-state index contributed by atoms with van der Waals surface area (Å²) >= 11 is 2.03. The van der Waals surface area contributed by atoms with Crippen molar-refractivity contribution in [2.24, 2.45) is 16.6 Å². The Balaban J connectivity index is 0.00000162. The van der Waals surface area contributed by atoms with Gasteiger partial charge in [0.25, 0.3) is 0 Å². The van der Waals surface area contributed by atoms with E-state index in [9.17, 15) is 0 Å². The van der Waals surface area contributed by atoms with E-state index in [1.165, 1.54) is 24.3 Å². The van der Waals surface area contributed by atoms with Crippen molar-refractivity contribution in [2.45, 2.75) is 12.8 Å². The number of nitrogens with two attached hydrogens (primary N) is 1. The highest BCUT2D eigenvalue weighted by Crippen LogP contribution is 2.22. The van der Waals surface area contributed by atoms with E-state index in [1.54, 1.807) is 0 Å². The van der Waals surface area contributed by atoms with Gasteiger partial charge >= 0.3 is 0 Å². The molecule has 1 fully saturated rings. The molecule has 5 heteroatoms. The van der Waals surface area contributed by atoms with Crippen LogP contribution in [0.4, 0.5) is 5.69 Å². The minimum atomic E-state index is 0. The molecular formula is C13H20IN3S. The fraction of sp³-hybridized carbons (Fsp3) is 0.462. The molecule has 1 aliphatic rings. The van der Waals surface area contributed by atoms with Crippen LogP contribution in [0, 0.1) is 5.92 Å². The van der Waals surface area contributed by atoms with Gasteiger partial charge in [0.2, 0.25) is 0 Å². The summed E-state index contributed by atoms with van der Waals surface area (Å²) in [6, 6.07) is 9.91. The molecule has 18 heavy (non-hydrogen) atoms. The third-order valence-electron chi connectivity index (χ3n) is 2.82. The molecule has 1 aromatic carbocycles. The van der Waals surface area contributed by atoms with Gasteiger partial charge in [-0.2, -0.15) is 11.8 Å². The lowest BCUT2D eigenvalue weighted by Crippen LogP contribution is -2.24. The molecule has 2 rings (SSSR count). The van der Waals surface area contributed by atoms with E-state index < -0.39 is 0 Å². The third kappa shape index (κ3) is 5.48. The molecule has 0 aromatic heterocycles. The quantitative estimate of drug-likeness (QED) is 0.483. The minimum Gasteiger partial charge on any atom is -0.370 e. The van der Waals surface area contributed by atoms with Gasteiger partial charge in [-0.15, -0.1) is 24.0 Å². The molecule has 1 saturated heterocycles. The van der Waals surface area contributed by atoms with Gasteiger partial charge in [0, 0.05) is 12.2 Å². The first kappa shape index (κ1) is 15.6. The molecule has 0 radical (unpaired) electrons. The number of para-hydroxylation sites is 1. The van der Waals surface area contributed by atoms with Crippen LogP contribution >= 0.6 is 35.7 Å². The van der Waals surface area contributed by atoms with Crippen LogP contribution < -0.4 is 11.1 Å². The van der Waals surface area contributed by atoms with Gasteiger partial charge < -0.3 is 11.1 Å². The standard InChI is InChI=1S/C13H19N3S.HI/c14-13(16-12-6-2-1-3-7-12)15-9-11-5-4-8-17-10-11;/h1-3,6-7,11H,4-5,8-10H2,(H3,14,15,16);1H. The lowest BCUT2D eigenvalue weighted by atomic mass is 10.1. The minimum absolute atomic E-state index is 0. The summed E-state index contributed by atoms with van der Waals surface area (Å²) in [6.07, 6.45) is 2.60. The van der Waals surface area contributed by atoms with Crippen LogP contribution in [0.5, 0.6) is 0 Å². The summed E-state index contributed by atoms with van der Waals surface area (Å²) in [4.78, 5) is 4.41. The average molecular weight is 377 g/mol. The predicted octanol–water partition coefficient (Wildman–Crippen LogP) is 3.17. The second-order valence-corrected chi connectivity index (χ2v) is 5.45. The van der Waals surface area contributed by atoms with Crippen molar-refractivity contribution >= 4 is 47.4 Å². The molecule has 1 aromatic rings.